The number of amides is 1. The normalized spacial score (nSPS) is 11.0. The van der Waals surface area contributed by atoms with Gasteiger partial charge in [0.1, 0.15) is 18.2 Å². The first-order chi connectivity index (χ1) is 16.3. The third-order valence-corrected chi connectivity index (χ3v) is 5.47. The maximum absolute atomic E-state index is 12.7. The second kappa shape index (κ2) is 11.2. The average molecular weight is 455 g/mol. The maximum atomic E-state index is 12.7. The van der Waals surface area contributed by atoms with Gasteiger partial charge in [-0.1, -0.05) is 47.5 Å². The molecule has 0 saturated carbocycles. The molecule has 174 valence electrons. The van der Waals surface area contributed by atoms with Gasteiger partial charge in [0.2, 0.25) is 0 Å². The Kier molecular flexibility index (Phi) is 8.10. The number of hydrogen-bond donors (Lipinski definition) is 1. The SMILES string of the molecule is CCOc1cc(/C=C(\C#N)C(=O)Nc2cccc(C)c2C)ccc1OCc1cc(C)cc(C)c1. The highest BCUT2D eigenvalue weighted by atomic mass is 16.5. The first kappa shape index (κ1) is 24.6. The Morgan fingerprint density at radius 3 is 2.38 bits per heavy atom. The van der Waals surface area contributed by atoms with Crippen LogP contribution >= 0.6 is 0 Å². The number of ether oxygens (including phenoxy) is 2. The molecular weight excluding hydrogens is 424 g/mol. The predicted octanol–water partition coefficient (Wildman–Crippen LogP) is 6.44. The molecule has 1 amide bonds. The van der Waals surface area contributed by atoms with Gasteiger partial charge in [-0.2, -0.15) is 5.26 Å². The van der Waals surface area contributed by atoms with E-state index in [0.717, 1.165) is 16.7 Å². The molecule has 0 saturated heterocycles. The molecular formula is C29H30N2O3. The lowest BCUT2D eigenvalue weighted by molar-refractivity contribution is -0.112. The summed E-state index contributed by atoms with van der Waals surface area (Å²) in [7, 11) is 0. The fourth-order valence-corrected chi connectivity index (χ4v) is 3.71. The van der Waals surface area contributed by atoms with Crippen molar-refractivity contribution in [1.29, 1.82) is 5.26 Å². The van der Waals surface area contributed by atoms with Gasteiger partial charge < -0.3 is 14.8 Å². The summed E-state index contributed by atoms with van der Waals surface area (Å²) in [6.07, 6.45) is 1.55. The monoisotopic (exact) mass is 454 g/mol. The quantitative estimate of drug-likeness (QED) is 0.314. The third kappa shape index (κ3) is 6.26. The van der Waals surface area contributed by atoms with E-state index < -0.39 is 5.91 Å². The van der Waals surface area contributed by atoms with Crippen molar-refractivity contribution in [2.75, 3.05) is 11.9 Å². The second-order valence-electron chi connectivity index (χ2n) is 8.30. The van der Waals surface area contributed by atoms with Gasteiger partial charge in [0.25, 0.3) is 5.91 Å². The number of nitrogens with one attached hydrogen (secondary N) is 1. The molecule has 0 unspecified atom stereocenters. The highest BCUT2D eigenvalue weighted by molar-refractivity contribution is 6.10. The molecule has 5 nitrogen and oxygen atoms in total. The van der Waals surface area contributed by atoms with Crippen molar-refractivity contribution >= 4 is 17.7 Å². The van der Waals surface area contributed by atoms with Crippen LogP contribution < -0.4 is 14.8 Å². The summed E-state index contributed by atoms with van der Waals surface area (Å²) in [5, 5.41) is 12.4. The van der Waals surface area contributed by atoms with E-state index >= 15 is 0 Å². The van der Waals surface area contributed by atoms with Crippen molar-refractivity contribution in [3.63, 3.8) is 0 Å². The number of nitrogens with zero attached hydrogens (tertiary/aromatic N) is 1. The van der Waals surface area contributed by atoms with Crippen LogP contribution in [-0.4, -0.2) is 12.5 Å². The number of carbonyl (C=O) groups is 1. The molecule has 0 heterocycles. The van der Waals surface area contributed by atoms with Crippen molar-refractivity contribution in [1.82, 2.24) is 0 Å². The smallest absolute Gasteiger partial charge is 0.266 e. The number of anilines is 1. The molecule has 0 radical (unpaired) electrons. The summed E-state index contributed by atoms with van der Waals surface area (Å²) < 4.78 is 11.8. The highest BCUT2D eigenvalue weighted by Gasteiger charge is 2.13. The van der Waals surface area contributed by atoms with Gasteiger partial charge in [-0.15, -0.1) is 0 Å². The van der Waals surface area contributed by atoms with E-state index in [1.165, 1.54) is 11.1 Å². The van der Waals surface area contributed by atoms with E-state index in [2.05, 4.69) is 37.4 Å². The van der Waals surface area contributed by atoms with Gasteiger partial charge >= 0.3 is 0 Å². The summed E-state index contributed by atoms with van der Waals surface area (Å²) in [5.74, 6) is 0.716. The molecule has 3 rings (SSSR count). The summed E-state index contributed by atoms with van der Waals surface area (Å²) >= 11 is 0. The molecule has 0 aliphatic carbocycles. The van der Waals surface area contributed by atoms with Gasteiger partial charge in [0.15, 0.2) is 11.5 Å². The van der Waals surface area contributed by atoms with Crippen molar-refractivity contribution in [2.24, 2.45) is 0 Å². The van der Waals surface area contributed by atoms with Crippen LogP contribution in [0.1, 0.15) is 40.3 Å². The zero-order valence-electron chi connectivity index (χ0n) is 20.4. The van der Waals surface area contributed by atoms with Crippen molar-refractivity contribution in [3.05, 3.63) is 93.6 Å². The Balaban J connectivity index is 1.81. The molecule has 3 aromatic carbocycles. The molecule has 5 heteroatoms. The van der Waals surface area contributed by atoms with E-state index in [0.29, 0.717) is 36.0 Å². The molecule has 0 atom stereocenters. The molecule has 0 aromatic heterocycles. The number of benzene rings is 3. The Morgan fingerprint density at radius 1 is 0.971 bits per heavy atom. The molecule has 0 bridgehead atoms. The van der Waals surface area contributed by atoms with Crippen LogP contribution in [0.15, 0.2) is 60.2 Å². The number of nitriles is 1. The molecule has 0 spiro atoms. The van der Waals surface area contributed by atoms with Gasteiger partial charge in [0, 0.05) is 5.69 Å². The van der Waals surface area contributed by atoms with Gasteiger partial charge in [-0.05, 0) is 81.1 Å². The summed E-state index contributed by atoms with van der Waals surface area (Å²) in [6, 6.07) is 19.4. The standard InChI is InChI=1S/C29H30N2O3/c1-6-33-28-16-23(10-11-27(28)34-18-24-13-19(2)12-20(3)14-24)15-25(17-30)29(32)31-26-9-7-8-21(4)22(26)5/h7-16H,6,18H2,1-5H3,(H,31,32)/b25-15+. The van der Waals surface area contributed by atoms with Crippen molar-refractivity contribution < 1.29 is 14.3 Å². The lowest BCUT2D eigenvalue weighted by Crippen LogP contribution is -2.14. The molecule has 0 aliphatic heterocycles. The molecule has 1 N–H and O–H groups in total. The number of aryl methyl sites for hydroxylation is 3. The molecule has 0 aliphatic rings. The van der Waals surface area contributed by atoms with Crippen LogP contribution in [-0.2, 0) is 11.4 Å². The largest absolute Gasteiger partial charge is 0.490 e. The van der Waals surface area contributed by atoms with E-state index in [4.69, 9.17) is 9.47 Å². The van der Waals surface area contributed by atoms with Crippen LogP contribution in [0, 0.1) is 39.0 Å². The number of carbonyl (C=O) groups excluding carboxylic acids is 1. The van der Waals surface area contributed by atoms with Gasteiger partial charge in [0.05, 0.1) is 6.61 Å². The predicted molar refractivity (Wildman–Crippen MR) is 136 cm³/mol. The Hall–Kier alpha value is -4.04. The van der Waals surface area contributed by atoms with Crippen LogP contribution in [0.4, 0.5) is 5.69 Å². The fraction of sp³-hybridized carbons (Fsp3) is 0.241. The third-order valence-electron chi connectivity index (χ3n) is 5.47. The number of hydrogen-bond acceptors (Lipinski definition) is 4. The van der Waals surface area contributed by atoms with Crippen molar-refractivity contribution in [3.8, 4) is 17.6 Å². The Bertz CT molecular complexity index is 1250. The zero-order valence-corrected chi connectivity index (χ0v) is 20.4. The average Bonchev–Trinajstić information content (AvgIpc) is 2.79. The fourth-order valence-electron chi connectivity index (χ4n) is 3.71. The Labute approximate surface area is 201 Å². The van der Waals surface area contributed by atoms with Crippen LogP contribution in [0.25, 0.3) is 6.08 Å². The van der Waals surface area contributed by atoms with Crippen molar-refractivity contribution in [2.45, 2.75) is 41.2 Å². The maximum Gasteiger partial charge on any atom is 0.266 e. The van der Waals surface area contributed by atoms with Gasteiger partial charge in [-0.25, -0.2) is 0 Å². The van der Waals surface area contributed by atoms with E-state index in [1.54, 1.807) is 18.2 Å². The van der Waals surface area contributed by atoms with E-state index in [9.17, 15) is 10.1 Å². The molecule has 3 aromatic rings. The topological polar surface area (TPSA) is 71.3 Å². The first-order valence-corrected chi connectivity index (χ1v) is 11.3. The molecule has 0 fully saturated rings. The van der Waals surface area contributed by atoms with E-state index in [1.807, 2.05) is 51.1 Å². The summed E-state index contributed by atoms with van der Waals surface area (Å²) in [6.45, 7) is 10.8. The Morgan fingerprint density at radius 2 is 1.71 bits per heavy atom. The van der Waals surface area contributed by atoms with Crippen LogP contribution in [0.2, 0.25) is 0 Å². The molecule has 34 heavy (non-hydrogen) atoms. The summed E-state index contributed by atoms with van der Waals surface area (Å²) in [4.78, 5) is 12.7. The lowest BCUT2D eigenvalue weighted by atomic mass is 10.1. The van der Waals surface area contributed by atoms with Gasteiger partial charge in [-0.3, -0.25) is 4.79 Å². The lowest BCUT2D eigenvalue weighted by Gasteiger charge is -2.14. The zero-order chi connectivity index (χ0) is 24.7. The first-order valence-electron chi connectivity index (χ1n) is 11.3. The highest BCUT2D eigenvalue weighted by Crippen LogP contribution is 2.30. The second-order valence-corrected chi connectivity index (χ2v) is 8.30. The minimum atomic E-state index is -0.454. The van der Waals surface area contributed by atoms with Crippen LogP contribution in [0.3, 0.4) is 0 Å². The number of rotatable bonds is 8. The minimum absolute atomic E-state index is 0.00672. The van der Waals surface area contributed by atoms with E-state index in [-0.39, 0.29) is 5.57 Å². The minimum Gasteiger partial charge on any atom is -0.490 e. The van der Waals surface area contributed by atoms with Crippen LogP contribution in [0.5, 0.6) is 11.5 Å². The summed E-state index contributed by atoms with van der Waals surface area (Å²) in [5.41, 5.74) is 6.87.